The number of rotatable bonds is 4. The maximum absolute atomic E-state index is 11.2. The number of aromatic nitrogens is 2. The number of hydrogen-bond donors (Lipinski definition) is 1. The quantitative estimate of drug-likeness (QED) is 0.796. The van der Waals surface area contributed by atoms with Gasteiger partial charge in [0.15, 0.2) is 0 Å². The third-order valence-corrected chi connectivity index (χ3v) is 4.48. The van der Waals surface area contributed by atoms with E-state index in [1.807, 2.05) is 54.9 Å². The summed E-state index contributed by atoms with van der Waals surface area (Å²) in [4.78, 5) is 4.44. The Morgan fingerprint density at radius 1 is 1.04 bits per heavy atom. The topological polar surface area (TPSA) is 38.1 Å². The van der Waals surface area contributed by atoms with Gasteiger partial charge < -0.3 is 9.67 Å². The Balaban J connectivity index is 2.01. The molecule has 3 nitrogen and oxygen atoms in total. The molecule has 118 valence electrons. The van der Waals surface area contributed by atoms with Crippen molar-refractivity contribution >= 4 is 0 Å². The van der Waals surface area contributed by atoms with Gasteiger partial charge >= 0.3 is 0 Å². The molecule has 0 radical (unpaired) electrons. The number of nitrogens with zero attached hydrogens (tertiary/aromatic N) is 2. The molecule has 3 heteroatoms. The van der Waals surface area contributed by atoms with Gasteiger partial charge in [0.1, 0.15) is 11.4 Å². The van der Waals surface area contributed by atoms with Gasteiger partial charge in [-0.1, -0.05) is 48.5 Å². The first-order chi connectivity index (χ1) is 11.0. The first-order valence-electron chi connectivity index (χ1n) is 7.85. The average molecular weight is 306 g/mol. The molecule has 1 aromatic heterocycles. The molecular formula is C20H22N2O. The van der Waals surface area contributed by atoms with Gasteiger partial charge in [0.25, 0.3) is 0 Å². The minimum Gasteiger partial charge on any atom is -0.377 e. The summed E-state index contributed by atoms with van der Waals surface area (Å²) in [5.74, 6) is 0.662. The van der Waals surface area contributed by atoms with Gasteiger partial charge in [-0.3, -0.25) is 0 Å². The van der Waals surface area contributed by atoms with Crippen LogP contribution >= 0.6 is 0 Å². The Morgan fingerprint density at radius 3 is 2.52 bits per heavy atom. The molecule has 3 rings (SSSR count). The Hall–Kier alpha value is -2.39. The van der Waals surface area contributed by atoms with Gasteiger partial charge in [-0.25, -0.2) is 4.98 Å². The molecule has 23 heavy (non-hydrogen) atoms. The highest BCUT2D eigenvalue weighted by atomic mass is 16.3. The highest BCUT2D eigenvalue weighted by Gasteiger charge is 2.32. The van der Waals surface area contributed by atoms with Crippen molar-refractivity contribution in [2.24, 2.45) is 0 Å². The lowest BCUT2D eigenvalue weighted by Gasteiger charge is -2.27. The summed E-state index contributed by atoms with van der Waals surface area (Å²) in [6, 6.07) is 16.2. The summed E-state index contributed by atoms with van der Waals surface area (Å²) in [7, 11) is 0. The van der Waals surface area contributed by atoms with Crippen molar-refractivity contribution < 1.29 is 5.11 Å². The SMILES string of the molecule is Cc1cccc(C(C)(O)c2nccn2Cc2ccccc2)c1C. The van der Waals surface area contributed by atoms with Gasteiger partial charge in [-0.2, -0.15) is 0 Å². The van der Waals surface area contributed by atoms with Crippen molar-refractivity contribution in [3.8, 4) is 0 Å². The lowest BCUT2D eigenvalue weighted by molar-refractivity contribution is 0.0877. The van der Waals surface area contributed by atoms with Crippen LogP contribution in [0.2, 0.25) is 0 Å². The Morgan fingerprint density at radius 2 is 1.78 bits per heavy atom. The van der Waals surface area contributed by atoms with Crippen molar-refractivity contribution in [1.29, 1.82) is 0 Å². The van der Waals surface area contributed by atoms with Gasteiger partial charge in [0.2, 0.25) is 0 Å². The first-order valence-corrected chi connectivity index (χ1v) is 7.85. The fourth-order valence-electron chi connectivity index (χ4n) is 3.04. The minimum atomic E-state index is -1.13. The van der Waals surface area contributed by atoms with Gasteiger partial charge in [-0.15, -0.1) is 0 Å². The minimum absolute atomic E-state index is 0.662. The highest BCUT2D eigenvalue weighted by molar-refractivity contribution is 5.40. The molecule has 1 N–H and O–H groups in total. The maximum Gasteiger partial charge on any atom is 0.145 e. The van der Waals surface area contributed by atoms with E-state index in [0.29, 0.717) is 12.4 Å². The second-order valence-electron chi connectivity index (χ2n) is 6.18. The summed E-state index contributed by atoms with van der Waals surface area (Å²) in [5, 5.41) is 11.2. The maximum atomic E-state index is 11.2. The predicted octanol–water partition coefficient (Wildman–Crippen LogP) is 3.80. The standard InChI is InChI=1S/C20H22N2O/c1-15-8-7-11-18(16(15)2)20(3,23)19-21-12-13-22(19)14-17-9-5-4-6-10-17/h4-13,23H,14H2,1-3H3. The van der Waals surface area contributed by atoms with Crippen LogP contribution < -0.4 is 0 Å². The van der Waals surface area contributed by atoms with Gasteiger partial charge in [-0.05, 0) is 43.0 Å². The van der Waals surface area contributed by atoms with E-state index in [0.717, 1.165) is 11.1 Å². The molecule has 3 aromatic rings. The zero-order valence-corrected chi connectivity index (χ0v) is 13.8. The number of aliphatic hydroxyl groups is 1. The van der Waals surface area contributed by atoms with E-state index < -0.39 is 5.60 Å². The first kappa shape index (κ1) is 15.5. The van der Waals surface area contributed by atoms with Crippen molar-refractivity contribution in [2.75, 3.05) is 0 Å². The molecule has 0 saturated heterocycles. The molecule has 0 aliphatic carbocycles. The third kappa shape index (κ3) is 2.92. The molecule has 0 bridgehead atoms. The van der Waals surface area contributed by atoms with E-state index in [-0.39, 0.29) is 0 Å². The molecule has 0 spiro atoms. The van der Waals surface area contributed by atoms with E-state index in [9.17, 15) is 5.11 Å². The molecule has 1 heterocycles. The molecule has 2 aromatic carbocycles. The third-order valence-electron chi connectivity index (χ3n) is 4.48. The predicted molar refractivity (Wildman–Crippen MR) is 92.4 cm³/mol. The van der Waals surface area contributed by atoms with Crippen molar-refractivity contribution in [3.05, 3.63) is 89.0 Å². The van der Waals surface area contributed by atoms with E-state index in [1.54, 1.807) is 6.20 Å². The summed E-state index contributed by atoms with van der Waals surface area (Å²) < 4.78 is 2.01. The zero-order chi connectivity index (χ0) is 16.4. The molecule has 0 aliphatic heterocycles. The molecule has 0 amide bonds. The number of imidazole rings is 1. The van der Waals surface area contributed by atoms with Crippen LogP contribution in [0.15, 0.2) is 60.9 Å². The van der Waals surface area contributed by atoms with E-state index in [2.05, 4.69) is 30.1 Å². The average Bonchev–Trinajstić information content (AvgIpc) is 3.00. The second-order valence-corrected chi connectivity index (χ2v) is 6.18. The van der Waals surface area contributed by atoms with Gasteiger partial charge in [0.05, 0.1) is 0 Å². The van der Waals surface area contributed by atoms with Gasteiger partial charge in [0, 0.05) is 18.9 Å². The van der Waals surface area contributed by atoms with Crippen LogP contribution in [-0.2, 0) is 12.1 Å². The molecule has 1 unspecified atom stereocenters. The monoisotopic (exact) mass is 306 g/mol. The van der Waals surface area contributed by atoms with Crippen molar-refractivity contribution in [3.63, 3.8) is 0 Å². The van der Waals surface area contributed by atoms with Crippen LogP contribution in [0, 0.1) is 13.8 Å². The van der Waals surface area contributed by atoms with E-state index >= 15 is 0 Å². The van der Waals surface area contributed by atoms with Crippen LogP contribution in [0.25, 0.3) is 0 Å². The molecule has 0 aliphatic rings. The fraction of sp³-hybridized carbons (Fsp3) is 0.250. The number of aryl methyl sites for hydroxylation is 1. The smallest absolute Gasteiger partial charge is 0.145 e. The molecule has 0 saturated carbocycles. The Bertz CT molecular complexity index is 804. The number of hydrogen-bond acceptors (Lipinski definition) is 2. The fourth-order valence-corrected chi connectivity index (χ4v) is 3.04. The second kappa shape index (κ2) is 6.01. The van der Waals surface area contributed by atoms with Crippen LogP contribution in [-0.4, -0.2) is 14.7 Å². The van der Waals surface area contributed by atoms with Crippen molar-refractivity contribution in [1.82, 2.24) is 9.55 Å². The van der Waals surface area contributed by atoms with Crippen LogP contribution in [0.5, 0.6) is 0 Å². The Labute approximate surface area is 137 Å². The summed E-state index contributed by atoms with van der Waals surface area (Å²) in [5.41, 5.74) is 3.23. The summed E-state index contributed by atoms with van der Waals surface area (Å²) in [6.45, 7) is 6.62. The lowest BCUT2D eigenvalue weighted by Crippen LogP contribution is -2.29. The molecular weight excluding hydrogens is 284 g/mol. The van der Waals surface area contributed by atoms with Crippen LogP contribution in [0.1, 0.15) is 35.0 Å². The summed E-state index contributed by atoms with van der Waals surface area (Å²) in [6.07, 6.45) is 3.67. The van der Waals surface area contributed by atoms with E-state index in [1.165, 1.54) is 11.1 Å². The highest BCUT2D eigenvalue weighted by Crippen LogP contribution is 2.31. The zero-order valence-electron chi connectivity index (χ0n) is 13.8. The molecule has 1 atom stereocenters. The summed E-state index contributed by atoms with van der Waals surface area (Å²) >= 11 is 0. The number of benzene rings is 2. The Kier molecular flexibility index (Phi) is 4.05. The normalized spacial score (nSPS) is 13.7. The van der Waals surface area contributed by atoms with Crippen molar-refractivity contribution in [2.45, 2.75) is 32.9 Å². The van der Waals surface area contributed by atoms with E-state index in [4.69, 9.17) is 0 Å². The largest absolute Gasteiger partial charge is 0.377 e. The lowest BCUT2D eigenvalue weighted by atomic mass is 9.89. The van der Waals surface area contributed by atoms with Crippen LogP contribution in [0.3, 0.4) is 0 Å². The van der Waals surface area contributed by atoms with Crippen LogP contribution in [0.4, 0.5) is 0 Å². The molecule has 0 fully saturated rings.